The Kier molecular flexibility index (Phi) is 5.88. The van der Waals surface area contributed by atoms with Crippen molar-refractivity contribution in [2.45, 2.75) is 24.7 Å². The number of rotatable bonds is 6. The SMILES string of the molecule is Cc1c(Cl)cc(S(=O)(=O)NCCCCN)cc1Cl. The Bertz CT molecular complexity index is 495. The fraction of sp³-hybridized carbons (Fsp3) is 0.455. The molecule has 0 aromatic heterocycles. The van der Waals surface area contributed by atoms with Gasteiger partial charge in [0.15, 0.2) is 0 Å². The van der Waals surface area contributed by atoms with Crippen molar-refractivity contribution in [2.75, 3.05) is 13.1 Å². The van der Waals surface area contributed by atoms with Gasteiger partial charge in [-0.15, -0.1) is 0 Å². The Morgan fingerprint density at radius 2 is 1.78 bits per heavy atom. The molecule has 0 heterocycles. The zero-order valence-corrected chi connectivity index (χ0v) is 12.4. The highest BCUT2D eigenvalue weighted by molar-refractivity contribution is 7.89. The third kappa shape index (κ3) is 4.10. The molecule has 0 saturated heterocycles. The number of sulfonamides is 1. The number of hydrogen-bond donors (Lipinski definition) is 2. The molecule has 1 aromatic rings. The number of hydrogen-bond acceptors (Lipinski definition) is 3. The molecule has 0 aliphatic heterocycles. The molecule has 1 aromatic carbocycles. The summed E-state index contributed by atoms with van der Waals surface area (Å²) < 4.78 is 26.4. The normalized spacial score (nSPS) is 11.8. The number of nitrogens with two attached hydrogens (primary N) is 1. The van der Waals surface area contributed by atoms with E-state index in [0.717, 1.165) is 6.42 Å². The summed E-state index contributed by atoms with van der Waals surface area (Å²) in [7, 11) is -3.56. The molecule has 0 amide bonds. The fourth-order valence-electron chi connectivity index (χ4n) is 1.34. The lowest BCUT2D eigenvalue weighted by Gasteiger charge is -2.09. The van der Waals surface area contributed by atoms with Gasteiger partial charge < -0.3 is 5.73 Å². The van der Waals surface area contributed by atoms with Crippen LogP contribution in [-0.2, 0) is 10.0 Å². The molecule has 18 heavy (non-hydrogen) atoms. The summed E-state index contributed by atoms with van der Waals surface area (Å²) in [6.45, 7) is 2.63. The Morgan fingerprint density at radius 3 is 2.28 bits per heavy atom. The molecule has 7 heteroatoms. The Balaban J connectivity index is 2.85. The minimum Gasteiger partial charge on any atom is -0.330 e. The van der Waals surface area contributed by atoms with E-state index < -0.39 is 10.0 Å². The van der Waals surface area contributed by atoms with E-state index in [2.05, 4.69) is 4.72 Å². The molecule has 0 saturated carbocycles. The summed E-state index contributed by atoms with van der Waals surface area (Å²) in [4.78, 5) is 0.0795. The van der Waals surface area contributed by atoms with Gasteiger partial charge in [-0.05, 0) is 44.0 Å². The summed E-state index contributed by atoms with van der Waals surface area (Å²) >= 11 is 11.8. The molecular formula is C11H16Cl2N2O2S. The molecule has 0 bridgehead atoms. The zero-order chi connectivity index (χ0) is 13.8. The predicted octanol–water partition coefficient (Wildman–Crippen LogP) is 2.32. The average Bonchev–Trinajstić information content (AvgIpc) is 2.31. The molecule has 0 fully saturated rings. The van der Waals surface area contributed by atoms with E-state index >= 15 is 0 Å². The number of nitrogens with one attached hydrogen (secondary N) is 1. The van der Waals surface area contributed by atoms with Crippen LogP contribution < -0.4 is 10.5 Å². The van der Waals surface area contributed by atoms with Crippen molar-refractivity contribution in [2.24, 2.45) is 5.73 Å². The Labute approximate surface area is 118 Å². The quantitative estimate of drug-likeness (QED) is 0.792. The molecule has 3 N–H and O–H groups in total. The van der Waals surface area contributed by atoms with Crippen molar-refractivity contribution in [1.82, 2.24) is 4.72 Å². The van der Waals surface area contributed by atoms with Gasteiger partial charge in [0.25, 0.3) is 0 Å². The molecule has 0 unspecified atom stereocenters. The second kappa shape index (κ2) is 6.73. The summed E-state index contributed by atoms with van der Waals surface area (Å²) in [6, 6.07) is 2.79. The maximum Gasteiger partial charge on any atom is 0.240 e. The van der Waals surface area contributed by atoms with Gasteiger partial charge in [0.2, 0.25) is 10.0 Å². The maximum absolute atomic E-state index is 12.0. The van der Waals surface area contributed by atoms with E-state index in [1.54, 1.807) is 6.92 Å². The van der Waals surface area contributed by atoms with Gasteiger partial charge >= 0.3 is 0 Å². The first-order chi connectivity index (χ1) is 8.38. The summed E-state index contributed by atoms with van der Waals surface area (Å²) in [6.07, 6.45) is 1.47. The monoisotopic (exact) mass is 310 g/mol. The van der Waals surface area contributed by atoms with Crippen LogP contribution in [0, 0.1) is 6.92 Å². The van der Waals surface area contributed by atoms with Gasteiger partial charge in [0, 0.05) is 16.6 Å². The van der Waals surface area contributed by atoms with E-state index in [1.165, 1.54) is 12.1 Å². The highest BCUT2D eigenvalue weighted by atomic mass is 35.5. The van der Waals surface area contributed by atoms with Crippen molar-refractivity contribution < 1.29 is 8.42 Å². The number of halogens is 2. The molecule has 0 aliphatic carbocycles. The van der Waals surface area contributed by atoms with Crippen LogP contribution in [0.25, 0.3) is 0 Å². The largest absolute Gasteiger partial charge is 0.330 e. The molecule has 0 radical (unpaired) electrons. The average molecular weight is 311 g/mol. The van der Waals surface area contributed by atoms with Gasteiger partial charge in [-0.1, -0.05) is 23.2 Å². The van der Waals surface area contributed by atoms with Crippen LogP contribution in [0.3, 0.4) is 0 Å². The van der Waals surface area contributed by atoms with E-state index in [4.69, 9.17) is 28.9 Å². The molecule has 1 rings (SSSR count). The molecule has 102 valence electrons. The van der Waals surface area contributed by atoms with Crippen molar-refractivity contribution in [3.05, 3.63) is 27.7 Å². The van der Waals surface area contributed by atoms with Crippen molar-refractivity contribution >= 4 is 33.2 Å². The lowest BCUT2D eigenvalue weighted by atomic mass is 10.2. The van der Waals surface area contributed by atoms with Crippen LogP contribution in [-0.4, -0.2) is 21.5 Å². The summed E-state index contributed by atoms with van der Waals surface area (Å²) in [5.74, 6) is 0. The summed E-state index contributed by atoms with van der Waals surface area (Å²) in [5.41, 5.74) is 6.00. The highest BCUT2D eigenvalue weighted by Crippen LogP contribution is 2.27. The highest BCUT2D eigenvalue weighted by Gasteiger charge is 2.16. The van der Waals surface area contributed by atoms with Crippen LogP contribution >= 0.6 is 23.2 Å². The van der Waals surface area contributed by atoms with Gasteiger partial charge in [0.1, 0.15) is 0 Å². The minimum atomic E-state index is -3.56. The van der Waals surface area contributed by atoms with Crippen molar-refractivity contribution in [3.63, 3.8) is 0 Å². The molecule has 0 spiro atoms. The van der Waals surface area contributed by atoms with Gasteiger partial charge in [-0.2, -0.15) is 0 Å². The summed E-state index contributed by atoms with van der Waals surface area (Å²) in [5, 5.41) is 0.676. The van der Waals surface area contributed by atoms with E-state index in [1.807, 2.05) is 0 Å². The third-order valence-corrected chi connectivity index (χ3v) is 4.71. The van der Waals surface area contributed by atoms with E-state index in [-0.39, 0.29) is 4.90 Å². The van der Waals surface area contributed by atoms with Gasteiger partial charge in [-0.3, -0.25) is 0 Å². The van der Waals surface area contributed by atoms with Crippen LogP contribution in [0.1, 0.15) is 18.4 Å². The van der Waals surface area contributed by atoms with Crippen LogP contribution in [0.4, 0.5) is 0 Å². The van der Waals surface area contributed by atoms with Crippen molar-refractivity contribution in [1.29, 1.82) is 0 Å². The standard InChI is InChI=1S/C11H16Cl2N2O2S/c1-8-10(12)6-9(7-11(8)13)18(16,17)15-5-3-2-4-14/h6-7,15H,2-5,14H2,1H3. The van der Waals surface area contributed by atoms with Gasteiger partial charge in [-0.25, -0.2) is 13.1 Å². The zero-order valence-electron chi connectivity index (χ0n) is 10.0. The smallest absolute Gasteiger partial charge is 0.240 e. The molecule has 0 aliphatic rings. The first kappa shape index (κ1) is 15.7. The Hall–Kier alpha value is -0.330. The lowest BCUT2D eigenvalue weighted by molar-refractivity contribution is 0.577. The second-order valence-electron chi connectivity index (χ2n) is 3.91. The van der Waals surface area contributed by atoms with E-state index in [9.17, 15) is 8.42 Å². The number of unbranched alkanes of at least 4 members (excludes halogenated alkanes) is 1. The fourth-order valence-corrected chi connectivity index (χ4v) is 3.08. The second-order valence-corrected chi connectivity index (χ2v) is 6.49. The molecule has 4 nitrogen and oxygen atoms in total. The third-order valence-electron chi connectivity index (χ3n) is 2.49. The Morgan fingerprint density at radius 1 is 1.22 bits per heavy atom. The van der Waals surface area contributed by atoms with Crippen LogP contribution in [0.2, 0.25) is 10.0 Å². The van der Waals surface area contributed by atoms with Crippen LogP contribution in [0.15, 0.2) is 17.0 Å². The number of benzene rings is 1. The lowest BCUT2D eigenvalue weighted by Crippen LogP contribution is -2.25. The van der Waals surface area contributed by atoms with E-state index in [0.29, 0.717) is 35.1 Å². The molecular weight excluding hydrogens is 295 g/mol. The minimum absolute atomic E-state index is 0.0795. The first-order valence-electron chi connectivity index (χ1n) is 5.54. The topological polar surface area (TPSA) is 72.2 Å². The van der Waals surface area contributed by atoms with Crippen molar-refractivity contribution in [3.8, 4) is 0 Å². The predicted molar refractivity (Wildman–Crippen MR) is 74.7 cm³/mol. The first-order valence-corrected chi connectivity index (χ1v) is 7.78. The van der Waals surface area contributed by atoms with Gasteiger partial charge in [0.05, 0.1) is 4.90 Å². The maximum atomic E-state index is 12.0. The molecule has 0 atom stereocenters. The van der Waals surface area contributed by atoms with Crippen LogP contribution in [0.5, 0.6) is 0 Å².